The molecule has 0 saturated carbocycles. The molecule has 1 rings (SSSR count). The Kier molecular flexibility index (Phi) is 1.78. The average Bonchev–Trinajstić information content (AvgIpc) is 1.98. The average molecular weight is 128 g/mol. The van der Waals surface area contributed by atoms with Crippen LogP contribution in [0, 0.1) is 0 Å². The molecule has 0 aromatic heterocycles. The lowest BCUT2D eigenvalue weighted by atomic mass is 10.3. The third kappa shape index (κ3) is 1.10. The second-order valence-electron chi connectivity index (χ2n) is 3.09. The number of hydrogen-bond acceptors (Lipinski definition) is 2. The molecule has 2 unspecified atom stereocenters. The van der Waals surface area contributed by atoms with Gasteiger partial charge in [0.2, 0.25) is 0 Å². The van der Waals surface area contributed by atoms with Crippen molar-refractivity contribution in [3.05, 3.63) is 0 Å². The molecule has 1 saturated heterocycles. The number of rotatable bonds is 0. The highest BCUT2D eigenvalue weighted by Gasteiger charge is 2.27. The van der Waals surface area contributed by atoms with Crippen molar-refractivity contribution in [3.63, 3.8) is 0 Å². The second-order valence-corrected chi connectivity index (χ2v) is 3.09. The van der Waals surface area contributed by atoms with Crippen molar-refractivity contribution < 1.29 is 0 Å². The molecule has 0 N–H and O–H groups in total. The van der Waals surface area contributed by atoms with Crippen LogP contribution in [0.4, 0.5) is 0 Å². The summed E-state index contributed by atoms with van der Waals surface area (Å²) in [6, 6.07) is 0.727. The van der Waals surface area contributed by atoms with Crippen LogP contribution in [0.3, 0.4) is 0 Å². The zero-order valence-corrected chi connectivity index (χ0v) is 6.76. The summed E-state index contributed by atoms with van der Waals surface area (Å²) in [6.45, 7) is 5.71. The fourth-order valence-corrected chi connectivity index (χ4v) is 1.38. The lowest BCUT2D eigenvalue weighted by molar-refractivity contribution is 0.192. The van der Waals surface area contributed by atoms with Gasteiger partial charge in [-0.25, -0.2) is 0 Å². The normalized spacial score (nSPS) is 40.0. The van der Waals surface area contributed by atoms with Crippen LogP contribution in [-0.2, 0) is 0 Å². The standard InChI is InChI=1S/C7H16N2/c1-6-5-8(3)7(2)9(6)4/h6-7H,5H2,1-4H3. The molecule has 9 heavy (non-hydrogen) atoms. The first-order valence-corrected chi connectivity index (χ1v) is 3.55. The zero-order chi connectivity index (χ0) is 7.02. The third-order valence-corrected chi connectivity index (χ3v) is 2.47. The van der Waals surface area contributed by atoms with Gasteiger partial charge in [0.25, 0.3) is 0 Å². The molecular formula is C7H16N2. The van der Waals surface area contributed by atoms with E-state index in [4.69, 9.17) is 0 Å². The Morgan fingerprint density at radius 2 is 1.78 bits per heavy atom. The highest BCUT2D eigenvalue weighted by Crippen LogP contribution is 2.14. The first kappa shape index (κ1) is 7.03. The highest BCUT2D eigenvalue weighted by molar-refractivity contribution is 4.80. The van der Waals surface area contributed by atoms with Crippen molar-refractivity contribution in [2.45, 2.75) is 26.1 Å². The predicted molar refractivity (Wildman–Crippen MR) is 39.3 cm³/mol. The number of likely N-dealkylation sites (N-methyl/N-ethyl adjacent to an activating group) is 2. The summed E-state index contributed by atoms with van der Waals surface area (Å²) >= 11 is 0. The van der Waals surface area contributed by atoms with Crippen LogP contribution < -0.4 is 0 Å². The quantitative estimate of drug-likeness (QED) is 0.471. The fraction of sp³-hybridized carbons (Fsp3) is 1.00. The van der Waals surface area contributed by atoms with E-state index in [0.717, 1.165) is 6.04 Å². The molecule has 0 spiro atoms. The molecule has 0 aromatic carbocycles. The number of hydrogen-bond donors (Lipinski definition) is 0. The largest absolute Gasteiger partial charge is 0.290 e. The highest BCUT2D eigenvalue weighted by atomic mass is 15.4. The van der Waals surface area contributed by atoms with Crippen molar-refractivity contribution in [1.82, 2.24) is 9.80 Å². The summed E-state index contributed by atoms with van der Waals surface area (Å²) in [4.78, 5) is 4.75. The molecule has 0 aromatic rings. The summed E-state index contributed by atoms with van der Waals surface area (Å²) in [6.07, 6.45) is 0.625. The molecule has 0 bridgehead atoms. The van der Waals surface area contributed by atoms with E-state index >= 15 is 0 Å². The maximum atomic E-state index is 2.39. The first-order valence-electron chi connectivity index (χ1n) is 3.55. The summed E-state index contributed by atoms with van der Waals surface area (Å²) in [7, 11) is 4.35. The molecule has 2 atom stereocenters. The van der Waals surface area contributed by atoms with E-state index in [1.165, 1.54) is 6.54 Å². The lowest BCUT2D eigenvalue weighted by Crippen LogP contribution is -2.32. The van der Waals surface area contributed by atoms with Crippen LogP contribution in [0.2, 0.25) is 0 Å². The smallest absolute Gasteiger partial charge is 0.0591 e. The third-order valence-electron chi connectivity index (χ3n) is 2.47. The Labute approximate surface area is 57.4 Å². The molecule has 1 fully saturated rings. The second kappa shape index (κ2) is 2.27. The Hall–Kier alpha value is -0.0800. The summed E-state index contributed by atoms with van der Waals surface area (Å²) in [5.41, 5.74) is 0. The zero-order valence-electron chi connectivity index (χ0n) is 6.76. The minimum Gasteiger partial charge on any atom is -0.290 e. The molecule has 1 aliphatic rings. The van der Waals surface area contributed by atoms with E-state index in [-0.39, 0.29) is 0 Å². The molecule has 0 amide bonds. The minimum atomic E-state index is 0.625. The molecule has 1 heterocycles. The minimum absolute atomic E-state index is 0.625. The van der Waals surface area contributed by atoms with Crippen LogP contribution in [0.1, 0.15) is 13.8 Å². The van der Waals surface area contributed by atoms with E-state index in [2.05, 4.69) is 37.7 Å². The molecule has 2 heteroatoms. The predicted octanol–water partition coefficient (Wildman–Crippen LogP) is 0.598. The van der Waals surface area contributed by atoms with Crippen LogP contribution in [0.25, 0.3) is 0 Å². The monoisotopic (exact) mass is 128 g/mol. The Morgan fingerprint density at radius 3 is 1.89 bits per heavy atom. The maximum Gasteiger partial charge on any atom is 0.0591 e. The Balaban J connectivity index is 2.54. The molecule has 0 aliphatic carbocycles. The summed E-state index contributed by atoms with van der Waals surface area (Å²) in [5, 5.41) is 0. The number of nitrogens with zero attached hydrogens (tertiary/aromatic N) is 2. The van der Waals surface area contributed by atoms with Gasteiger partial charge in [0.05, 0.1) is 6.17 Å². The first-order chi connectivity index (χ1) is 4.13. The Bertz CT molecular complexity index is 91.1. The van der Waals surface area contributed by atoms with Crippen LogP contribution in [-0.4, -0.2) is 42.6 Å². The van der Waals surface area contributed by atoms with Gasteiger partial charge in [-0.2, -0.15) is 0 Å². The molecule has 2 nitrogen and oxygen atoms in total. The van der Waals surface area contributed by atoms with Gasteiger partial charge >= 0.3 is 0 Å². The molecule has 1 aliphatic heterocycles. The van der Waals surface area contributed by atoms with Crippen molar-refractivity contribution in [2.75, 3.05) is 20.6 Å². The topological polar surface area (TPSA) is 6.48 Å². The van der Waals surface area contributed by atoms with Crippen LogP contribution >= 0.6 is 0 Å². The SMILES string of the molecule is CC1CN(C)C(C)N1C. The molecule has 54 valence electrons. The van der Waals surface area contributed by atoms with Gasteiger partial charge in [0, 0.05) is 12.6 Å². The van der Waals surface area contributed by atoms with Gasteiger partial charge in [-0.15, -0.1) is 0 Å². The van der Waals surface area contributed by atoms with Gasteiger partial charge in [0.1, 0.15) is 0 Å². The van der Waals surface area contributed by atoms with Crippen molar-refractivity contribution in [3.8, 4) is 0 Å². The van der Waals surface area contributed by atoms with Crippen LogP contribution in [0.5, 0.6) is 0 Å². The van der Waals surface area contributed by atoms with E-state index in [1.54, 1.807) is 0 Å². The van der Waals surface area contributed by atoms with Gasteiger partial charge in [-0.05, 0) is 27.9 Å². The van der Waals surface area contributed by atoms with Crippen molar-refractivity contribution >= 4 is 0 Å². The fourth-order valence-electron chi connectivity index (χ4n) is 1.38. The summed E-state index contributed by atoms with van der Waals surface area (Å²) in [5.74, 6) is 0. The van der Waals surface area contributed by atoms with E-state index < -0.39 is 0 Å². The van der Waals surface area contributed by atoms with Gasteiger partial charge < -0.3 is 0 Å². The lowest BCUT2D eigenvalue weighted by Gasteiger charge is -2.21. The van der Waals surface area contributed by atoms with E-state index in [0.29, 0.717) is 6.17 Å². The van der Waals surface area contributed by atoms with Gasteiger partial charge in [-0.1, -0.05) is 0 Å². The van der Waals surface area contributed by atoms with Crippen molar-refractivity contribution in [2.24, 2.45) is 0 Å². The Morgan fingerprint density at radius 1 is 1.22 bits per heavy atom. The molecular weight excluding hydrogens is 112 g/mol. The van der Waals surface area contributed by atoms with Gasteiger partial charge in [-0.3, -0.25) is 9.80 Å². The van der Waals surface area contributed by atoms with E-state index in [9.17, 15) is 0 Å². The molecule has 0 radical (unpaired) electrons. The van der Waals surface area contributed by atoms with Crippen molar-refractivity contribution in [1.29, 1.82) is 0 Å². The van der Waals surface area contributed by atoms with E-state index in [1.807, 2.05) is 0 Å². The van der Waals surface area contributed by atoms with Gasteiger partial charge in [0.15, 0.2) is 0 Å². The summed E-state index contributed by atoms with van der Waals surface area (Å²) < 4.78 is 0. The maximum absolute atomic E-state index is 2.39. The van der Waals surface area contributed by atoms with Crippen LogP contribution in [0.15, 0.2) is 0 Å².